The highest BCUT2D eigenvalue weighted by Gasteiger charge is 2.51. The van der Waals surface area contributed by atoms with Crippen LogP contribution in [0.3, 0.4) is 0 Å². The molecule has 2 bridgehead atoms. The molecule has 0 aromatic heterocycles. The minimum Gasteiger partial charge on any atom is -0.481 e. The highest BCUT2D eigenvalue weighted by Crippen LogP contribution is 2.48. The van der Waals surface area contributed by atoms with E-state index in [0.717, 1.165) is 0 Å². The van der Waals surface area contributed by atoms with Crippen molar-refractivity contribution in [1.29, 1.82) is 0 Å². The number of nitrogens with one attached hydrogen (secondary N) is 2. The summed E-state index contributed by atoms with van der Waals surface area (Å²) in [5, 5.41) is 9.31. The molecule has 0 spiro atoms. The molecular weight excluding hydrogens is 284 g/mol. The highest BCUT2D eigenvalue weighted by molar-refractivity contribution is 5.96. The van der Waals surface area contributed by atoms with Crippen molar-refractivity contribution >= 4 is 17.8 Å². The summed E-state index contributed by atoms with van der Waals surface area (Å²) in [6.45, 7) is 0. The summed E-state index contributed by atoms with van der Waals surface area (Å²) in [5.74, 6) is -3.37. The number of benzene rings is 1. The Labute approximate surface area is 127 Å². The lowest BCUT2D eigenvalue weighted by atomic mass is 9.82. The fraction of sp³-hybridized carbons (Fsp3) is 0.312. The molecule has 0 unspecified atom stereocenters. The maximum Gasteiger partial charge on any atom is 0.307 e. The van der Waals surface area contributed by atoms with Crippen molar-refractivity contribution in [2.45, 2.75) is 6.42 Å². The zero-order chi connectivity index (χ0) is 15.7. The summed E-state index contributed by atoms with van der Waals surface area (Å²) in [7, 11) is 0. The van der Waals surface area contributed by atoms with Crippen molar-refractivity contribution in [2.75, 3.05) is 0 Å². The number of hydrogen-bond donors (Lipinski definition) is 3. The lowest BCUT2D eigenvalue weighted by Gasteiger charge is -2.23. The van der Waals surface area contributed by atoms with E-state index in [-0.39, 0.29) is 11.8 Å². The number of carboxylic acid groups (broad SMARTS) is 1. The maximum absolute atomic E-state index is 12.3. The second kappa shape index (κ2) is 5.63. The first-order valence-electron chi connectivity index (χ1n) is 7.14. The number of amides is 2. The van der Waals surface area contributed by atoms with Gasteiger partial charge in [-0.3, -0.25) is 25.2 Å². The molecule has 4 atom stereocenters. The largest absolute Gasteiger partial charge is 0.481 e. The summed E-state index contributed by atoms with van der Waals surface area (Å²) in [6, 6.07) is 8.48. The van der Waals surface area contributed by atoms with Gasteiger partial charge in [-0.15, -0.1) is 0 Å². The van der Waals surface area contributed by atoms with Gasteiger partial charge in [0.15, 0.2) is 0 Å². The van der Waals surface area contributed by atoms with Gasteiger partial charge in [0, 0.05) is 5.56 Å². The number of allylic oxidation sites excluding steroid dienone is 2. The molecule has 2 aliphatic rings. The van der Waals surface area contributed by atoms with E-state index in [4.69, 9.17) is 0 Å². The van der Waals surface area contributed by atoms with Crippen molar-refractivity contribution in [2.24, 2.45) is 23.7 Å². The molecule has 6 heteroatoms. The number of carbonyl (C=O) groups excluding carboxylic acids is 2. The third-order valence-electron chi connectivity index (χ3n) is 4.38. The Morgan fingerprint density at radius 1 is 0.955 bits per heavy atom. The van der Waals surface area contributed by atoms with Crippen molar-refractivity contribution in [3.05, 3.63) is 48.0 Å². The zero-order valence-electron chi connectivity index (χ0n) is 11.7. The van der Waals surface area contributed by atoms with E-state index in [1.165, 1.54) is 0 Å². The van der Waals surface area contributed by atoms with Crippen molar-refractivity contribution in [3.63, 3.8) is 0 Å². The minimum absolute atomic E-state index is 0.0697. The van der Waals surface area contributed by atoms with Crippen LogP contribution in [-0.2, 0) is 9.59 Å². The molecule has 114 valence electrons. The van der Waals surface area contributed by atoms with Crippen LogP contribution in [0.5, 0.6) is 0 Å². The second-order valence-electron chi connectivity index (χ2n) is 5.65. The van der Waals surface area contributed by atoms with Gasteiger partial charge in [-0.25, -0.2) is 0 Å². The van der Waals surface area contributed by atoms with Gasteiger partial charge in [-0.05, 0) is 30.4 Å². The van der Waals surface area contributed by atoms with Crippen molar-refractivity contribution in [1.82, 2.24) is 10.9 Å². The lowest BCUT2D eigenvalue weighted by Crippen LogP contribution is -2.48. The highest BCUT2D eigenvalue weighted by atomic mass is 16.4. The van der Waals surface area contributed by atoms with Crippen LogP contribution < -0.4 is 10.9 Å². The average Bonchev–Trinajstić information content (AvgIpc) is 3.14. The summed E-state index contributed by atoms with van der Waals surface area (Å²) in [5.41, 5.74) is 5.12. The van der Waals surface area contributed by atoms with E-state index in [0.29, 0.717) is 12.0 Å². The molecule has 0 heterocycles. The van der Waals surface area contributed by atoms with Gasteiger partial charge < -0.3 is 5.11 Å². The molecule has 0 saturated heterocycles. The number of aliphatic carboxylic acids is 1. The Balaban J connectivity index is 1.64. The van der Waals surface area contributed by atoms with Crippen LogP contribution in [0.25, 0.3) is 0 Å². The van der Waals surface area contributed by atoms with Gasteiger partial charge in [-0.1, -0.05) is 30.4 Å². The molecule has 1 saturated carbocycles. The Morgan fingerprint density at radius 3 is 2.23 bits per heavy atom. The number of carbonyl (C=O) groups is 3. The predicted molar refractivity (Wildman–Crippen MR) is 77.4 cm³/mol. The molecule has 6 nitrogen and oxygen atoms in total. The van der Waals surface area contributed by atoms with Gasteiger partial charge in [0.25, 0.3) is 5.91 Å². The standard InChI is InChI=1S/C16H16N2O4/c19-14(9-4-2-1-3-5-9)17-18-15(20)12-10-6-7-11(8-10)13(12)16(21)22/h1-7,10-13H,8H2,(H,17,19)(H,18,20)(H,21,22)/t10-,11-,12+,13+/m0/s1. The van der Waals surface area contributed by atoms with Gasteiger partial charge in [-0.2, -0.15) is 0 Å². The first kappa shape index (κ1) is 14.3. The van der Waals surface area contributed by atoms with Gasteiger partial charge in [0.1, 0.15) is 0 Å². The topological polar surface area (TPSA) is 95.5 Å². The van der Waals surface area contributed by atoms with Crippen LogP contribution in [0, 0.1) is 23.7 Å². The summed E-state index contributed by atoms with van der Waals surface area (Å²) in [6.07, 6.45) is 4.45. The second-order valence-corrected chi connectivity index (χ2v) is 5.65. The Kier molecular flexibility index (Phi) is 3.66. The quantitative estimate of drug-likeness (QED) is 0.572. The minimum atomic E-state index is -0.966. The van der Waals surface area contributed by atoms with E-state index in [1.54, 1.807) is 30.3 Å². The van der Waals surface area contributed by atoms with E-state index in [2.05, 4.69) is 10.9 Å². The number of hydrazine groups is 1. The van der Waals surface area contributed by atoms with Crippen LogP contribution in [-0.4, -0.2) is 22.9 Å². The molecule has 2 aliphatic carbocycles. The normalized spacial score (nSPS) is 28.4. The van der Waals surface area contributed by atoms with Crippen LogP contribution in [0.2, 0.25) is 0 Å². The summed E-state index contributed by atoms with van der Waals surface area (Å²) < 4.78 is 0. The van der Waals surface area contributed by atoms with E-state index in [9.17, 15) is 19.5 Å². The van der Waals surface area contributed by atoms with Crippen LogP contribution in [0.15, 0.2) is 42.5 Å². The molecule has 1 fully saturated rings. The van der Waals surface area contributed by atoms with Gasteiger partial charge in [0.05, 0.1) is 11.8 Å². The monoisotopic (exact) mass is 300 g/mol. The SMILES string of the molecule is O=C(NNC(=O)[C@H]1[C@H](C(=O)O)[C@H]2C=C[C@H]1C2)c1ccccc1. The number of fused-ring (bicyclic) bond motifs is 2. The Hall–Kier alpha value is -2.63. The average molecular weight is 300 g/mol. The number of hydrogen-bond acceptors (Lipinski definition) is 3. The van der Waals surface area contributed by atoms with Crippen LogP contribution >= 0.6 is 0 Å². The van der Waals surface area contributed by atoms with E-state index >= 15 is 0 Å². The molecule has 2 amide bonds. The summed E-state index contributed by atoms with van der Waals surface area (Å²) >= 11 is 0. The maximum atomic E-state index is 12.3. The van der Waals surface area contributed by atoms with E-state index in [1.807, 2.05) is 12.2 Å². The predicted octanol–water partition coefficient (Wildman–Crippen LogP) is 0.970. The molecule has 3 N–H and O–H groups in total. The van der Waals surface area contributed by atoms with Gasteiger partial charge in [0.2, 0.25) is 5.91 Å². The van der Waals surface area contributed by atoms with Crippen LogP contribution in [0.4, 0.5) is 0 Å². The van der Waals surface area contributed by atoms with Crippen LogP contribution in [0.1, 0.15) is 16.8 Å². The van der Waals surface area contributed by atoms with Gasteiger partial charge >= 0.3 is 5.97 Å². The first-order chi connectivity index (χ1) is 10.6. The molecule has 1 aromatic rings. The van der Waals surface area contributed by atoms with E-state index < -0.39 is 29.6 Å². The van der Waals surface area contributed by atoms with Crippen molar-refractivity contribution in [3.8, 4) is 0 Å². The molecular formula is C16H16N2O4. The Bertz CT molecular complexity index is 641. The third-order valence-corrected chi connectivity index (χ3v) is 4.38. The third kappa shape index (κ3) is 2.47. The molecule has 0 radical (unpaired) electrons. The lowest BCUT2D eigenvalue weighted by molar-refractivity contribution is -0.148. The zero-order valence-corrected chi connectivity index (χ0v) is 11.7. The first-order valence-corrected chi connectivity index (χ1v) is 7.14. The molecule has 0 aliphatic heterocycles. The Morgan fingerprint density at radius 2 is 1.59 bits per heavy atom. The summed E-state index contributed by atoms with van der Waals surface area (Å²) in [4.78, 5) is 35.5. The smallest absolute Gasteiger partial charge is 0.307 e. The molecule has 3 rings (SSSR count). The molecule has 1 aromatic carbocycles. The number of carboxylic acids is 1. The van der Waals surface area contributed by atoms with Crippen molar-refractivity contribution < 1.29 is 19.5 Å². The molecule has 22 heavy (non-hydrogen) atoms. The fourth-order valence-electron chi connectivity index (χ4n) is 3.38. The number of rotatable bonds is 3. The fourth-order valence-corrected chi connectivity index (χ4v) is 3.38.